The number of aromatic nitrogens is 2. The number of carbonyl (C=O) groups is 1. The zero-order valence-electron chi connectivity index (χ0n) is 16.3. The molecule has 1 aliphatic rings. The number of hydrogen-bond acceptors (Lipinski definition) is 5. The van der Waals surface area contributed by atoms with E-state index in [0.717, 1.165) is 48.9 Å². The number of nitrogens with zero attached hydrogens (tertiary/aromatic N) is 3. The van der Waals surface area contributed by atoms with Crippen LogP contribution in [0.5, 0.6) is 5.75 Å². The van der Waals surface area contributed by atoms with E-state index in [1.807, 2.05) is 55.1 Å². The van der Waals surface area contributed by atoms with Crippen molar-refractivity contribution in [3.05, 3.63) is 54.2 Å². The fraction of sp³-hybridized carbons (Fsp3) is 0.409. The highest BCUT2D eigenvalue weighted by Crippen LogP contribution is 2.24. The second-order valence-electron chi connectivity index (χ2n) is 7.48. The Bertz CT molecular complexity index is 960. The summed E-state index contributed by atoms with van der Waals surface area (Å²) in [6.45, 7) is 5.13. The quantitative estimate of drug-likeness (QED) is 0.675. The molecule has 0 spiro atoms. The average Bonchev–Trinajstić information content (AvgIpc) is 3.12. The van der Waals surface area contributed by atoms with Gasteiger partial charge >= 0.3 is 0 Å². The van der Waals surface area contributed by atoms with Crippen molar-refractivity contribution in [2.45, 2.75) is 39.2 Å². The fourth-order valence-corrected chi connectivity index (χ4v) is 3.78. The smallest absolute Gasteiger partial charge is 0.263 e. The summed E-state index contributed by atoms with van der Waals surface area (Å²) in [4.78, 5) is 19.0. The molecular weight excluding hydrogens is 354 g/mol. The largest absolute Gasteiger partial charge is 0.481 e. The Hall–Kier alpha value is -2.89. The van der Waals surface area contributed by atoms with Gasteiger partial charge in [0.2, 0.25) is 5.89 Å². The lowest BCUT2D eigenvalue weighted by Gasteiger charge is -2.33. The minimum absolute atomic E-state index is 0.0419. The molecule has 2 aromatic carbocycles. The average molecular weight is 379 g/mol. The third-order valence-corrected chi connectivity index (χ3v) is 5.34. The molecule has 0 saturated carbocycles. The first-order valence-electron chi connectivity index (χ1n) is 9.82. The van der Waals surface area contributed by atoms with Crippen LogP contribution in [0, 0.1) is 12.8 Å². The predicted molar refractivity (Wildman–Crippen MR) is 106 cm³/mol. The zero-order chi connectivity index (χ0) is 19.5. The van der Waals surface area contributed by atoms with Gasteiger partial charge in [-0.2, -0.15) is 4.98 Å². The molecule has 0 unspecified atom stereocenters. The number of fused-ring (bicyclic) bond motifs is 1. The molecule has 0 N–H and O–H groups in total. The number of benzene rings is 2. The molecule has 1 saturated heterocycles. The van der Waals surface area contributed by atoms with Crippen molar-refractivity contribution in [2.24, 2.45) is 5.92 Å². The van der Waals surface area contributed by atoms with Gasteiger partial charge in [0.15, 0.2) is 11.9 Å². The van der Waals surface area contributed by atoms with Gasteiger partial charge in [0.05, 0.1) is 0 Å². The van der Waals surface area contributed by atoms with Gasteiger partial charge in [-0.3, -0.25) is 4.79 Å². The zero-order valence-corrected chi connectivity index (χ0v) is 16.3. The summed E-state index contributed by atoms with van der Waals surface area (Å²) in [6.07, 6.45) is 2.16. The van der Waals surface area contributed by atoms with E-state index in [-0.39, 0.29) is 5.91 Å². The maximum absolute atomic E-state index is 12.8. The molecule has 1 atom stereocenters. The van der Waals surface area contributed by atoms with E-state index >= 15 is 0 Å². The molecule has 146 valence electrons. The Labute approximate surface area is 164 Å². The van der Waals surface area contributed by atoms with Crippen LogP contribution in [-0.2, 0) is 11.2 Å². The number of likely N-dealkylation sites (tertiary alicyclic amines) is 1. The molecule has 3 aromatic rings. The first-order chi connectivity index (χ1) is 13.6. The van der Waals surface area contributed by atoms with Crippen LogP contribution in [0.15, 0.2) is 47.0 Å². The molecule has 0 bridgehead atoms. The molecule has 1 aromatic heterocycles. The molecule has 1 amide bonds. The molecule has 1 fully saturated rings. The van der Waals surface area contributed by atoms with Gasteiger partial charge in [0, 0.05) is 19.5 Å². The van der Waals surface area contributed by atoms with Crippen LogP contribution in [0.1, 0.15) is 31.5 Å². The maximum Gasteiger partial charge on any atom is 0.263 e. The lowest BCUT2D eigenvalue weighted by atomic mass is 9.93. The molecule has 1 aliphatic heterocycles. The number of carbonyl (C=O) groups excluding carboxylic acids is 1. The van der Waals surface area contributed by atoms with Crippen LogP contribution < -0.4 is 4.74 Å². The van der Waals surface area contributed by atoms with Crippen LogP contribution in [0.25, 0.3) is 10.8 Å². The Kier molecular flexibility index (Phi) is 5.28. The van der Waals surface area contributed by atoms with Gasteiger partial charge in [-0.25, -0.2) is 0 Å². The van der Waals surface area contributed by atoms with Crippen LogP contribution in [0.3, 0.4) is 0 Å². The standard InChI is InChI=1S/C22H25N3O3/c1-15(27-20-8-7-18-5-3-4-6-19(18)14-20)22(26)25-11-9-17(10-12-25)13-21-23-16(2)24-28-21/h3-8,14-15,17H,9-13H2,1-2H3/t15-/m1/s1. The molecule has 2 heterocycles. The van der Waals surface area contributed by atoms with E-state index < -0.39 is 6.10 Å². The van der Waals surface area contributed by atoms with Crippen LogP contribution in [0.2, 0.25) is 0 Å². The van der Waals surface area contributed by atoms with Gasteiger partial charge in [0.25, 0.3) is 5.91 Å². The molecule has 0 radical (unpaired) electrons. The molecular formula is C22H25N3O3. The molecule has 0 aliphatic carbocycles. The molecule has 4 rings (SSSR count). The second kappa shape index (κ2) is 8.00. The summed E-state index contributed by atoms with van der Waals surface area (Å²) in [5.74, 6) is 2.60. The highest BCUT2D eigenvalue weighted by molar-refractivity contribution is 5.84. The summed E-state index contributed by atoms with van der Waals surface area (Å²) >= 11 is 0. The van der Waals surface area contributed by atoms with Crippen molar-refractivity contribution in [1.82, 2.24) is 15.0 Å². The maximum atomic E-state index is 12.8. The van der Waals surface area contributed by atoms with Gasteiger partial charge < -0.3 is 14.2 Å². The Morgan fingerprint density at radius 2 is 1.96 bits per heavy atom. The van der Waals surface area contributed by atoms with Crippen molar-refractivity contribution in [2.75, 3.05) is 13.1 Å². The summed E-state index contributed by atoms with van der Waals surface area (Å²) in [7, 11) is 0. The van der Waals surface area contributed by atoms with Gasteiger partial charge in [0.1, 0.15) is 5.75 Å². The fourth-order valence-electron chi connectivity index (χ4n) is 3.78. The number of piperidine rings is 1. The highest BCUT2D eigenvalue weighted by Gasteiger charge is 2.28. The first-order valence-corrected chi connectivity index (χ1v) is 9.82. The summed E-state index contributed by atoms with van der Waals surface area (Å²) in [5.41, 5.74) is 0. The predicted octanol–water partition coefficient (Wildman–Crippen LogP) is 3.78. The number of aryl methyl sites for hydroxylation is 1. The highest BCUT2D eigenvalue weighted by atomic mass is 16.5. The summed E-state index contributed by atoms with van der Waals surface area (Å²) in [6, 6.07) is 14.0. The minimum atomic E-state index is -0.503. The van der Waals surface area contributed by atoms with E-state index in [4.69, 9.17) is 9.26 Å². The van der Waals surface area contributed by atoms with E-state index in [0.29, 0.717) is 17.6 Å². The third-order valence-electron chi connectivity index (χ3n) is 5.34. The normalized spacial score (nSPS) is 16.3. The molecule has 6 nitrogen and oxygen atoms in total. The molecule has 6 heteroatoms. The van der Waals surface area contributed by atoms with Gasteiger partial charge in [-0.15, -0.1) is 0 Å². The van der Waals surface area contributed by atoms with Crippen molar-refractivity contribution >= 4 is 16.7 Å². The number of hydrogen-bond donors (Lipinski definition) is 0. The van der Waals surface area contributed by atoms with E-state index in [2.05, 4.69) is 16.2 Å². The number of rotatable bonds is 5. The minimum Gasteiger partial charge on any atom is -0.481 e. The van der Waals surface area contributed by atoms with E-state index in [1.165, 1.54) is 0 Å². The third kappa shape index (κ3) is 4.16. The van der Waals surface area contributed by atoms with Gasteiger partial charge in [-0.1, -0.05) is 35.5 Å². The Morgan fingerprint density at radius 1 is 1.21 bits per heavy atom. The van der Waals surface area contributed by atoms with Crippen LogP contribution >= 0.6 is 0 Å². The van der Waals surface area contributed by atoms with E-state index in [9.17, 15) is 4.79 Å². The summed E-state index contributed by atoms with van der Waals surface area (Å²) < 4.78 is 11.2. The van der Waals surface area contributed by atoms with E-state index in [1.54, 1.807) is 0 Å². The second-order valence-corrected chi connectivity index (χ2v) is 7.48. The van der Waals surface area contributed by atoms with Crippen molar-refractivity contribution in [3.63, 3.8) is 0 Å². The SMILES string of the molecule is Cc1noc(CC2CCN(C(=O)[C@@H](C)Oc3ccc4ccccc4c3)CC2)n1. The lowest BCUT2D eigenvalue weighted by Crippen LogP contribution is -2.45. The number of amides is 1. The van der Waals surface area contributed by atoms with Crippen LogP contribution in [-0.4, -0.2) is 40.1 Å². The Balaban J connectivity index is 1.31. The monoisotopic (exact) mass is 379 g/mol. The molecule has 28 heavy (non-hydrogen) atoms. The topological polar surface area (TPSA) is 68.5 Å². The van der Waals surface area contributed by atoms with Crippen LogP contribution in [0.4, 0.5) is 0 Å². The Morgan fingerprint density at radius 3 is 2.68 bits per heavy atom. The first kappa shape index (κ1) is 18.5. The van der Waals surface area contributed by atoms with Crippen molar-refractivity contribution in [1.29, 1.82) is 0 Å². The van der Waals surface area contributed by atoms with Crippen molar-refractivity contribution < 1.29 is 14.1 Å². The lowest BCUT2D eigenvalue weighted by molar-refractivity contribution is -0.139. The number of ether oxygens (including phenoxy) is 1. The summed E-state index contributed by atoms with van der Waals surface area (Å²) in [5, 5.41) is 6.11. The van der Waals surface area contributed by atoms with Crippen molar-refractivity contribution in [3.8, 4) is 5.75 Å². The van der Waals surface area contributed by atoms with Gasteiger partial charge in [-0.05, 0) is 55.5 Å².